The molecule has 0 bridgehead atoms. The summed E-state index contributed by atoms with van der Waals surface area (Å²) in [5.41, 5.74) is -1.45. The van der Waals surface area contributed by atoms with Gasteiger partial charge in [-0.05, 0) is 63.0 Å². The number of hydrogen-bond acceptors (Lipinski definition) is 2. The van der Waals surface area contributed by atoms with Gasteiger partial charge < -0.3 is 10.2 Å². The molecule has 0 unspecified atom stereocenters. The van der Waals surface area contributed by atoms with E-state index in [2.05, 4.69) is 17.1 Å². The average molecular weight is 346 g/mol. The molecule has 0 spiro atoms. The Labute approximate surface area is 139 Å². The Morgan fingerprint density at radius 1 is 1.25 bits per heavy atom. The fourth-order valence-electron chi connectivity index (χ4n) is 2.95. The predicted molar refractivity (Wildman–Crippen MR) is 83.2 cm³/mol. The molecule has 1 aromatic rings. The first-order valence-electron chi connectivity index (χ1n) is 8.18. The Hall–Kier alpha value is -1.63. The highest BCUT2D eigenvalue weighted by atomic mass is 19.4. The van der Waals surface area contributed by atoms with Crippen molar-refractivity contribution >= 4 is 5.91 Å². The van der Waals surface area contributed by atoms with Gasteiger partial charge in [-0.1, -0.05) is 6.92 Å². The van der Waals surface area contributed by atoms with Gasteiger partial charge in [-0.25, -0.2) is 4.39 Å². The SMILES string of the molecule is CCCN1CCC(CNC(=O)c2cc(F)cc(C(F)(F)F)c2)CC1. The van der Waals surface area contributed by atoms with Crippen LogP contribution in [0.15, 0.2) is 18.2 Å². The van der Waals surface area contributed by atoms with Gasteiger partial charge >= 0.3 is 6.18 Å². The fraction of sp³-hybridized carbons (Fsp3) is 0.588. The Morgan fingerprint density at radius 2 is 1.92 bits per heavy atom. The molecule has 1 aromatic carbocycles. The molecule has 0 saturated carbocycles. The van der Waals surface area contributed by atoms with E-state index in [1.54, 1.807) is 0 Å². The molecule has 3 nitrogen and oxygen atoms in total. The molecule has 1 saturated heterocycles. The standard InChI is InChI=1S/C17H22F4N2O/c1-2-5-23-6-3-12(4-7-23)11-22-16(24)13-8-14(17(19,20)21)10-15(18)9-13/h8-10,12H,2-7,11H2,1H3,(H,22,24). The molecule has 1 N–H and O–H groups in total. The van der Waals surface area contributed by atoms with Gasteiger partial charge in [0.05, 0.1) is 5.56 Å². The first-order chi connectivity index (χ1) is 11.3. The van der Waals surface area contributed by atoms with Crippen LogP contribution in [-0.2, 0) is 6.18 Å². The second-order valence-corrected chi connectivity index (χ2v) is 6.22. The zero-order valence-corrected chi connectivity index (χ0v) is 13.6. The van der Waals surface area contributed by atoms with Crippen molar-refractivity contribution in [2.24, 2.45) is 5.92 Å². The van der Waals surface area contributed by atoms with Crippen LogP contribution in [0.5, 0.6) is 0 Å². The Morgan fingerprint density at radius 3 is 2.50 bits per heavy atom. The first kappa shape index (κ1) is 18.7. The number of carbonyl (C=O) groups excluding carboxylic acids is 1. The normalized spacial score (nSPS) is 17.0. The minimum atomic E-state index is -4.68. The molecular weight excluding hydrogens is 324 g/mol. The lowest BCUT2D eigenvalue weighted by Crippen LogP contribution is -2.39. The van der Waals surface area contributed by atoms with Crippen LogP contribution >= 0.6 is 0 Å². The van der Waals surface area contributed by atoms with Crippen LogP contribution in [-0.4, -0.2) is 37.0 Å². The molecule has 0 radical (unpaired) electrons. The van der Waals surface area contributed by atoms with E-state index in [-0.39, 0.29) is 5.56 Å². The third kappa shape index (κ3) is 5.19. The van der Waals surface area contributed by atoms with Crippen molar-refractivity contribution in [1.82, 2.24) is 10.2 Å². The van der Waals surface area contributed by atoms with Crippen LogP contribution < -0.4 is 5.32 Å². The second-order valence-electron chi connectivity index (χ2n) is 6.22. The summed E-state index contributed by atoms with van der Waals surface area (Å²) >= 11 is 0. The summed E-state index contributed by atoms with van der Waals surface area (Å²) in [5, 5.41) is 2.63. The summed E-state index contributed by atoms with van der Waals surface area (Å²) in [5.74, 6) is -1.43. The number of nitrogens with zero attached hydrogens (tertiary/aromatic N) is 1. The quantitative estimate of drug-likeness (QED) is 0.825. The number of carbonyl (C=O) groups is 1. The summed E-state index contributed by atoms with van der Waals surface area (Å²) in [7, 11) is 0. The van der Waals surface area contributed by atoms with Crippen molar-refractivity contribution in [3.05, 3.63) is 35.1 Å². The van der Waals surface area contributed by atoms with E-state index in [1.807, 2.05) is 0 Å². The summed E-state index contributed by atoms with van der Waals surface area (Å²) in [6.45, 7) is 5.51. The molecule has 0 atom stereocenters. The molecule has 7 heteroatoms. The van der Waals surface area contributed by atoms with E-state index in [4.69, 9.17) is 0 Å². The third-order valence-corrected chi connectivity index (χ3v) is 4.29. The molecule has 1 fully saturated rings. The number of halogens is 4. The van der Waals surface area contributed by atoms with E-state index in [9.17, 15) is 22.4 Å². The summed E-state index contributed by atoms with van der Waals surface area (Å²) in [6.07, 6.45) is -1.69. The Bertz CT molecular complexity index is 566. The number of piperidine rings is 1. The van der Waals surface area contributed by atoms with Gasteiger partial charge in [-0.15, -0.1) is 0 Å². The minimum absolute atomic E-state index is 0.300. The smallest absolute Gasteiger partial charge is 0.352 e. The van der Waals surface area contributed by atoms with Crippen LogP contribution in [0.3, 0.4) is 0 Å². The second kappa shape index (κ2) is 7.96. The molecule has 1 amide bonds. The van der Waals surface area contributed by atoms with Crippen LogP contribution in [0.25, 0.3) is 0 Å². The largest absolute Gasteiger partial charge is 0.416 e. The monoisotopic (exact) mass is 346 g/mol. The van der Waals surface area contributed by atoms with Crippen molar-refractivity contribution in [1.29, 1.82) is 0 Å². The van der Waals surface area contributed by atoms with Crippen molar-refractivity contribution in [3.8, 4) is 0 Å². The average Bonchev–Trinajstić information content (AvgIpc) is 2.53. The fourth-order valence-corrected chi connectivity index (χ4v) is 2.95. The van der Waals surface area contributed by atoms with E-state index in [1.165, 1.54) is 0 Å². The van der Waals surface area contributed by atoms with Crippen molar-refractivity contribution in [2.75, 3.05) is 26.2 Å². The molecule has 24 heavy (non-hydrogen) atoms. The van der Waals surface area contributed by atoms with Crippen molar-refractivity contribution in [2.45, 2.75) is 32.4 Å². The van der Waals surface area contributed by atoms with Gasteiger partial charge in [0, 0.05) is 12.1 Å². The Kier molecular flexibility index (Phi) is 6.21. The number of rotatable bonds is 5. The van der Waals surface area contributed by atoms with E-state index < -0.39 is 23.5 Å². The van der Waals surface area contributed by atoms with Gasteiger partial charge in [0.1, 0.15) is 5.82 Å². The predicted octanol–water partition coefficient (Wildman–Crippen LogP) is 3.70. The molecule has 0 aromatic heterocycles. The lowest BCUT2D eigenvalue weighted by atomic mass is 9.96. The van der Waals surface area contributed by atoms with Crippen LogP contribution in [0, 0.1) is 11.7 Å². The van der Waals surface area contributed by atoms with Crippen LogP contribution in [0.2, 0.25) is 0 Å². The van der Waals surface area contributed by atoms with E-state index in [0.717, 1.165) is 45.0 Å². The third-order valence-electron chi connectivity index (χ3n) is 4.29. The molecule has 1 heterocycles. The van der Waals surface area contributed by atoms with Crippen LogP contribution in [0.4, 0.5) is 17.6 Å². The highest BCUT2D eigenvalue weighted by Crippen LogP contribution is 2.30. The summed E-state index contributed by atoms with van der Waals surface area (Å²) in [4.78, 5) is 14.4. The zero-order valence-electron chi connectivity index (χ0n) is 13.6. The number of benzene rings is 1. The number of nitrogens with one attached hydrogen (secondary N) is 1. The highest BCUT2D eigenvalue weighted by molar-refractivity contribution is 5.94. The maximum absolute atomic E-state index is 13.3. The minimum Gasteiger partial charge on any atom is -0.352 e. The molecular formula is C17H22F4N2O. The van der Waals surface area contributed by atoms with Gasteiger partial charge in [0.15, 0.2) is 0 Å². The maximum Gasteiger partial charge on any atom is 0.416 e. The van der Waals surface area contributed by atoms with Crippen molar-refractivity contribution < 1.29 is 22.4 Å². The van der Waals surface area contributed by atoms with Gasteiger partial charge in [0.2, 0.25) is 0 Å². The first-order valence-corrected chi connectivity index (χ1v) is 8.18. The number of likely N-dealkylation sites (tertiary alicyclic amines) is 1. The molecule has 1 aliphatic heterocycles. The molecule has 0 aliphatic carbocycles. The lowest BCUT2D eigenvalue weighted by molar-refractivity contribution is -0.137. The van der Waals surface area contributed by atoms with Crippen molar-refractivity contribution in [3.63, 3.8) is 0 Å². The van der Waals surface area contributed by atoms with Gasteiger partial charge in [0.25, 0.3) is 5.91 Å². The number of alkyl halides is 3. The van der Waals surface area contributed by atoms with E-state index in [0.29, 0.717) is 24.6 Å². The molecule has 2 rings (SSSR count). The highest BCUT2D eigenvalue weighted by Gasteiger charge is 2.32. The topological polar surface area (TPSA) is 32.3 Å². The molecule has 134 valence electrons. The Balaban J connectivity index is 1.90. The van der Waals surface area contributed by atoms with Crippen LogP contribution in [0.1, 0.15) is 42.1 Å². The molecule has 1 aliphatic rings. The van der Waals surface area contributed by atoms with Gasteiger partial charge in [-0.3, -0.25) is 4.79 Å². The lowest BCUT2D eigenvalue weighted by Gasteiger charge is -2.31. The number of hydrogen-bond donors (Lipinski definition) is 1. The van der Waals surface area contributed by atoms with E-state index >= 15 is 0 Å². The van der Waals surface area contributed by atoms with Gasteiger partial charge in [-0.2, -0.15) is 13.2 Å². The zero-order chi connectivity index (χ0) is 17.7. The summed E-state index contributed by atoms with van der Waals surface area (Å²) in [6, 6.07) is 1.90. The summed E-state index contributed by atoms with van der Waals surface area (Å²) < 4.78 is 51.4. The number of amides is 1. The maximum atomic E-state index is 13.3.